The van der Waals surface area contributed by atoms with E-state index in [1.165, 1.54) is 5.32 Å². The molecule has 1 atom stereocenters. The molecule has 132 valence electrons. The molecule has 0 saturated carbocycles. The Labute approximate surface area is 136 Å². The van der Waals surface area contributed by atoms with Crippen LogP contribution in [-0.2, 0) is 14.3 Å². The summed E-state index contributed by atoms with van der Waals surface area (Å²) in [7, 11) is 0. The molecule has 9 heteroatoms. The van der Waals surface area contributed by atoms with Gasteiger partial charge in [0.05, 0.1) is 6.42 Å². The summed E-state index contributed by atoms with van der Waals surface area (Å²) in [6.07, 6.45) is -4.56. The minimum atomic E-state index is -4.58. The van der Waals surface area contributed by atoms with E-state index in [4.69, 9.17) is 0 Å². The molecule has 1 aromatic rings. The van der Waals surface area contributed by atoms with Gasteiger partial charge in [-0.05, 0) is 11.5 Å². The average Bonchev–Trinajstić information content (AvgIpc) is 2.51. The molecular weight excluding hydrogens is 329 g/mol. The highest BCUT2D eigenvalue weighted by molar-refractivity contribution is 5.95. The van der Waals surface area contributed by atoms with Crippen molar-refractivity contribution in [2.24, 2.45) is 0 Å². The van der Waals surface area contributed by atoms with Crippen LogP contribution in [0.3, 0.4) is 0 Å². The van der Waals surface area contributed by atoms with Gasteiger partial charge in [0.15, 0.2) is 6.61 Å². The fourth-order valence-electron chi connectivity index (χ4n) is 1.74. The zero-order valence-electron chi connectivity index (χ0n) is 12.9. The van der Waals surface area contributed by atoms with Crippen LogP contribution in [0.1, 0.15) is 24.8 Å². The third-order valence-corrected chi connectivity index (χ3v) is 2.91. The van der Waals surface area contributed by atoms with Gasteiger partial charge < -0.3 is 10.1 Å². The maximum atomic E-state index is 11.9. The molecule has 6 nitrogen and oxygen atoms in total. The van der Waals surface area contributed by atoms with Gasteiger partial charge in [-0.25, -0.2) is 4.79 Å². The highest BCUT2D eigenvalue weighted by Gasteiger charge is 2.28. The summed E-state index contributed by atoms with van der Waals surface area (Å²) in [5.74, 6) is -1.80. The standard InChI is InChI=1S/C15H17F3N2O4/c1-10(11-5-3-2-4-6-11)7-13(22)24-8-12(21)20-14(23)19-9-15(16,17)18/h2-6,10H,7-9H2,1H3,(H2,19,20,21,23)/t10-/m0/s1. The van der Waals surface area contributed by atoms with E-state index in [0.29, 0.717) is 0 Å². The van der Waals surface area contributed by atoms with E-state index in [9.17, 15) is 27.6 Å². The summed E-state index contributed by atoms with van der Waals surface area (Å²) in [6, 6.07) is 7.86. The quantitative estimate of drug-likeness (QED) is 0.773. The Morgan fingerprint density at radius 2 is 1.79 bits per heavy atom. The number of alkyl halides is 3. The minimum absolute atomic E-state index is 0.0254. The van der Waals surface area contributed by atoms with Gasteiger partial charge in [0.25, 0.3) is 5.91 Å². The van der Waals surface area contributed by atoms with E-state index >= 15 is 0 Å². The van der Waals surface area contributed by atoms with Gasteiger partial charge in [0.2, 0.25) is 0 Å². The smallest absolute Gasteiger partial charge is 0.405 e. The van der Waals surface area contributed by atoms with Crippen LogP contribution in [0, 0.1) is 0 Å². The Hall–Kier alpha value is -2.58. The van der Waals surface area contributed by atoms with Crippen LogP contribution in [0.25, 0.3) is 0 Å². The molecule has 1 rings (SSSR count). The topological polar surface area (TPSA) is 84.5 Å². The Balaban J connectivity index is 2.28. The zero-order chi connectivity index (χ0) is 18.2. The summed E-state index contributed by atoms with van der Waals surface area (Å²) in [5, 5.41) is 3.09. The lowest BCUT2D eigenvalue weighted by molar-refractivity contribution is -0.148. The summed E-state index contributed by atoms with van der Waals surface area (Å²) >= 11 is 0. The molecule has 0 aliphatic rings. The Morgan fingerprint density at radius 3 is 2.38 bits per heavy atom. The van der Waals surface area contributed by atoms with Crippen molar-refractivity contribution in [2.45, 2.75) is 25.4 Å². The van der Waals surface area contributed by atoms with E-state index in [2.05, 4.69) is 4.74 Å². The number of amides is 3. The predicted molar refractivity (Wildman–Crippen MR) is 78.0 cm³/mol. The summed E-state index contributed by atoms with van der Waals surface area (Å²) in [5.41, 5.74) is 0.922. The second kappa shape index (κ2) is 8.90. The van der Waals surface area contributed by atoms with Gasteiger partial charge in [-0.2, -0.15) is 13.2 Å². The van der Waals surface area contributed by atoms with E-state index in [0.717, 1.165) is 5.56 Å². The highest BCUT2D eigenvalue weighted by Crippen LogP contribution is 2.18. The third-order valence-electron chi connectivity index (χ3n) is 2.91. The van der Waals surface area contributed by atoms with Gasteiger partial charge in [-0.15, -0.1) is 0 Å². The molecule has 24 heavy (non-hydrogen) atoms. The molecule has 0 unspecified atom stereocenters. The van der Waals surface area contributed by atoms with Crippen LogP contribution in [-0.4, -0.2) is 37.2 Å². The van der Waals surface area contributed by atoms with Crippen molar-refractivity contribution in [1.82, 2.24) is 10.6 Å². The number of nitrogens with one attached hydrogen (secondary N) is 2. The molecule has 0 radical (unpaired) electrons. The maximum absolute atomic E-state index is 11.9. The predicted octanol–water partition coefficient (Wildman–Crippen LogP) is 2.11. The van der Waals surface area contributed by atoms with Gasteiger partial charge >= 0.3 is 18.2 Å². The first kappa shape index (κ1) is 19.5. The molecule has 0 aliphatic carbocycles. The Bertz CT molecular complexity index is 576. The second-order valence-corrected chi connectivity index (χ2v) is 5.02. The first-order valence-electron chi connectivity index (χ1n) is 7.02. The van der Waals surface area contributed by atoms with Crippen LogP contribution >= 0.6 is 0 Å². The Kier molecular flexibility index (Phi) is 7.22. The van der Waals surface area contributed by atoms with Crippen molar-refractivity contribution < 1.29 is 32.3 Å². The molecule has 3 amide bonds. The highest BCUT2D eigenvalue weighted by atomic mass is 19.4. The molecule has 1 aromatic carbocycles. The van der Waals surface area contributed by atoms with E-state index in [1.54, 1.807) is 12.2 Å². The average molecular weight is 346 g/mol. The molecule has 0 heterocycles. The van der Waals surface area contributed by atoms with Gasteiger partial charge in [-0.3, -0.25) is 14.9 Å². The number of imide groups is 1. The van der Waals surface area contributed by atoms with Gasteiger partial charge in [0.1, 0.15) is 6.54 Å². The van der Waals surface area contributed by atoms with Gasteiger partial charge in [0, 0.05) is 0 Å². The van der Waals surface area contributed by atoms with Crippen LogP contribution in [0.5, 0.6) is 0 Å². The Morgan fingerprint density at radius 1 is 1.17 bits per heavy atom. The molecule has 0 fully saturated rings. The van der Waals surface area contributed by atoms with Crippen molar-refractivity contribution in [3.63, 3.8) is 0 Å². The molecule has 0 spiro atoms. The third kappa shape index (κ3) is 8.16. The van der Waals surface area contributed by atoms with Crippen molar-refractivity contribution in [3.8, 4) is 0 Å². The number of urea groups is 1. The SMILES string of the molecule is C[C@@H](CC(=O)OCC(=O)NC(=O)NCC(F)(F)F)c1ccccc1. The van der Waals surface area contributed by atoms with Crippen molar-refractivity contribution in [2.75, 3.05) is 13.2 Å². The minimum Gasteiger partial charge on any atom is -0.456 e. The van der Waals surface area contributed by atoms with E-state index in [1.807, 2.05) is 30.3 Å². The van der Waals surface area contributed by atoms with Crippen molar-refractivity contribution in [1.29, 1.82) is 0 Å². The van der Waals surface area contributed by atoms with Crippen LogP contribution in [0.2, 0.25) is 0 Å². The van der Waals surface area contributed by atoms with Crippen LogP contribution < -0.4 is 10.6 Å². The normalized spacial score (nSPS) is 12.2. The fraction of sp³-hybridized carbons (Fsp3) is 0.400. The first-order chi connectivity index (χ1) is 11.2. The number of benzene rings is 1. The number of carbonyl (C=O) groups excluding carboxylic acids is 3. The van der Waals surface area contributed by atoms with E-state index < -0.39 is 37.2 Å². The summed E-state index contributed by atoms with van der Waals surface area (Å²) in [6.45, 7) is -0.512. The second-order valence-electron chi connectivity index (χ2n) is 5.02. The number of ether oxygens (including phenoxy) is 1. The maximum Gasteiger partial charge on any atom is 0.405 e. The lowest BCUT2D eigenvalue weighted by Gasteiger charge is -2.12. The largest absolute Gasteiger partial charge is 0.456 e. The van der Waals surface area contributed by atoms with Crippen molar-refractivity contribution in [3.05, 3.63) is 35.9 Å². The first-order valence-corrected chi connectivity index (χ1v) is 7.02. The lowest BCUT2D eigenvalue weighted by Crippen LogP contribution is -2.44. The van der Waals surface area contributed by atoms with Crippen molar-refractivity contribution >= 4 is 17.9 Å². The molecule has 0 aromatic heterocycles. The van der Waals surface area contributed by atoms with Crippen LogP contribution in [0.15, 0.2) is 30.3 Å². The zero-order valence-corrected chi connectivity index (χ0v) is 12.9. The number of hydrogen-bond acceptors (Lipinski definition) is 4. The summed E-state index contributed by atoms with van der Waals surface area (Å²) in [4.78, 5) is 34.0. The summed E-state index contributed by atoms with van der Waals surface area (Å²) < 4.78 is 40.3. The molecule has 0 saturated heterocycles. The molecule has 0 aliphatic heterocycles. The van der Waals surface area contributed by atoms with E-state index in [-0.39, 0.29) is 12.3 Å². The molecule has 0 bridgehead atoms. The number of hydrogen-bond donors (Lipinski definition) is 2. The number of rotatable bonds is 6. The molecular formula is C15H17F3N2O4. The van der Waals surface area contributed by atoms with Gasteiger partial charge in [-0.1, -0.05) is 37.3 Å². The number of halogens is 3. The lowest BCUT2D eigenvalue weighted by atomic mass is 9.98. The number of carbonyl (C=O) groups is 3. The monoisotopic (exact) mass is 346 g/mol. The fourth-order valence-corrected chi connectivity index (χ4v) is 1.74. The van der Waals surface area contributed by atoms with Crippen LogP contribution in [0.4, 0.5) is 18.0 Å². The molecule has 2 N–H and O–H groups in total. The number of esters is 1.